The smallest absolute Gasteiger partial charge is 0.154 e. The Hall–Kier alpha value is -1.62. The fraction of sp³-hybridized carbons (Fsp3) is 0.167. The molecule has 0 bridgehead atoms. The predicted molar refractivity (Wildman–Crippen MR) is 63.9 cm³/mol. The minimum Gasteiger partial charge on any atom is -0.298 e. The number of aryl methyl sites for hydroxylation is 2. The Balaban J connectivity index is 2.43. The van der Waals surface area contributed by atoms with E-state index in [4.69, 9.17) is 0 Å². The second-order valence-corrected chi connectivity index (χ2v) is 4.61. The van der Waals surface area contributed by atoms with E-state index in [0.29, 0.717) is 21.2 Å². The summed E-state index contributed by atoms with van der Waals surface area (Å²) >= 11 is 1.21. The summed E-state index contributed by atoms with van der Waals surface area (Å²) in [6.45, 7) is 1.76. The second kappa shape index (κ2) is 4.71. The first kappa shape index (κ1) is 11.9. The highest BCUT2D eigenvalue weighted by molar-refractivity contribution is 7.99. The summed E-state index contributed by atoms with van der Waals surface area (Å²) in [4.78, 5) is 11.5. The molecule has 0 aliphatic rings. The average molecular weight is 250 g/mol. The Labute approximate surface area is 103 Å². The van der Waals surface area contributed by atoms with Crippen molar-refractivity contribution in [1.29, 1.82) is 0 Å². The summed E-state index contributed by atoms with van der Waals surface area (Å²) in [5, 5.41) is 4.81. The first-order valence-corrected chi connectivity index (χ1v) is 5.86. The molecule has 5 heteroatoms. The van der Waals surface area contributed by atoms with Gasteiger partial charge in [0.05, 0.1) is 11.3 Å². The van der Waals surface area contributed by atoms with Gasteiger partial charge >= 0.3 is 0 Å². The van der Waals surface area contributed by atoms with Gasteiger partial charge in [0, 0.05) is 11.9 Å². The standard InChI is InChI=1S/C12H11FN2OS/c1-8-9(7-16)12(15(2)14-8)17-11-6-4-3-5-10(11)13/h3-7H,1-2H3. The lowest BCUT2D eigenvalue weighted by Gasteiger charge is -2.03. The summed E-state index contributed by atoms with van der Waals surface area (Å²) in [6, 6.07) is 6.47. The number of hydrogen-bond donors (Lipinski definition) is 0. The van der Waals surface area contributed by atoms with E-state index in [2.05, 4.69) is 5.10 Å². The molecule has 0 spiro atoms. The number of benzene rings is 1. The highest BCUT2D eigenvalue weighted by Gasteiger charge is 2.15. The Morgan fingerprint density at radius 2 is 2.12 bits per heavy atom. The van der Waals surface area contributed by atoms with E-state index in [1.54, 1.807) is 36.9 Å². The monoisotopic (exact) mass is 250 g/mol. The molecule has 0 amide bonds. The van der Waals surface area contributed by atoms with Crippen LogP contribution in [-0.4, -0.2) is 16.1 Å². The summed E-state index contributed by atoms with van der Waals surface area (Å²) in [5.41, 5.74) is 1.17. The molecule has 17 heavy (non-hydrogen) atoms. The number of nitrogens with zero attached hydrogens (tertiary/aromatic N) is 2. The third-order valence-corrected chi connectivity index (χ3v) is 3.60. The van der Waals surface area contributed by atoms with Crippen LogP contribution in [0.15, 0.2) is 34.2 Å². The van der Waals surface area contributed by atoms with Gasteiger partial charge in [-0.05, 0) is 19.1 Å². The van der Waals surface area contributed by atoms with Crippen molar-refractivity contribution in [1.82, 2.24) is 9.78 Å². The SMILES string of the molecule is Cc1nn(C)c(Sc2ccccc2F)c1C=O. The zero-order valence-electron chi connectivity index (χ0n) is 9.48. The lowest BCUT2D eigenvalue weighted by atomic mass is 10.3. The highest BCUT2D eigenvalue weighted by Crippen LogP contribution is 2.32. The number of hydrogen-bond acceptors (Lipinski definition) is 3. The van der Waals surface area contributed by atoms with E-state index >= 15 is 0 Å². The Morgan fingerprint density at radius 3 is 2.76 bits per heavy atom. The van der Waals surface area contributed by atoms with E-state index in [9.17, 15) is 9.18 Å². The second-order valence-electron chi connectivity index (χ2n) is 3.58. The third kappa shape index (κ3) is 2.24. The van der Waals surface area contributed by atoms with Gasteiger partial charge in [0.2, 0.25) is 0 Å². The molecular weight excluding hydrogens is 239 g/mol. The first-order valence-electron chi connectivity index (χ1n) is 5.04. The van der Waals surface area contributed by atoms with Gasteiger partial charge in [0.25, 0.3) is 0 Å². The number of halogens is 1. The van der Waals surface area contributed by atoms with Crippen molar-refractivity contribution in [2.45, 2.75) is 16.8 Å². The zero-order chi connectivity index (χ0) is 12.4. The van der Waals surface area contributed by atoms with Gasteiger partial charge in [-0.1, -0.05) is 23.9 Å². The van der Waals surface area contributed by atoms with Crippen molar-refractivity contribution in [3.05, 3.63) is 41.3 Å². The fourth-order valence-electron chi connectivity index (χ4n) is 1.54. The molecule has 1 aromatic carbocycles. The predicted octanol–water partition coefficient (Wildman–Crippen LogP) is 2.83. The largest absolute Gasteiger partial charge is 0.298 e. The van der Waals surface area contributed by atoms with Gasteiger partial charge in [-0.2, -0.15) is 5.10 Å². The first-order chi connectivity index (χ1) is 8.13. The molecule has 0 N–H and O–H groups in total. The van der Waals surface area contributed by atoms with E-state index in [-0.39, 0.29) is 5.82 Å². The van der Waals surface area contributed by atoms with Gasteiger partial charge in [-0.15, -0.1) is 0 Å². The van der Waals surface area contributed by atoms with Crippen LogP contribution in [0.5, 0.6) is 0 Å². The van der Waals surface area contributed by atoms with Crippen molar-refractivity contribution in [2.75, 3.05) is 0 Å². The van der Waals surface area contributed by atoms with Crippen LogP contribution in [0.2, 0.25) is 0 Å². The lowest BCUT2D eigenvalue weighted by Crippen LogP contribution is -1.94. The molecule has 88 valence electrons. The minimum atomic E-state index is -0.298. The van der Waals surface area contributed by atoms with E-state index in [0.717, 1.165) is 6.29 Å². The van der Waals surface area contributed by atoms with Gasteiger partial charge < -0.3 is 0 Å². The molecule has 0 aliphatic heterocycles. The normalized spacial score (nSPS) is 10.5. The molecule has 0 saturated carbocycles. The van der Waals surface area contributed by atoms with E-state index in [1.165, 1.54) is 17.8 Å². The Kier molecular flexibility index (Phi) is 3.28. The number of carbonyl (C=O) groups is 1. The Bertz CT molecular complexity index is 566. The molecule has 0 radical (unpaired) electrons. The van der Waals surface area contributed by atoms with Crippen LogP contribution in [-0.2, 0) is 7.05 Å². The number of rotatable bonds is 3. The molecule has 0 saturated heterocycles. The van der Waals surface area contributed by atoms with Crippen molar-refractivity contribution >= 4 is 18.0 Å². The number of aldehydes is 1. The zero-order valence-corrected chi connectivity index (χ0v) is 10.3. The number of carbonyl (C=O) groups excluding carboxylic acids is 1. The van der Waals surface area contributed by atoms with Crippen molar-refractivity contribution in [3.8, 4) is 0 Å². The van der Waals surface area contributed by atoms with Crippen LogP contribution in [0.1, 0.15) is 16.1 Å². The van der Waals surface area contributed by atoms with Crippen LogP contribution in [0.3, 0.4) is 0 Å². The average Bonchev–Trinajstić information content (AvgIpc) is 2.56. The highest BCUT2D eigenvalue weighted by atomic mass is 32.2. The summed E-state index contributed by atoms with van der Waals surface area (Å²) in [7, 11) is 1.74. The van der Waals surface area contributed by atoms with Gasteiger partial charge in [0.1, 0.15) is 10.8 Å². The molecular formula is C12H11FN2OS. The van der Waals surface area contributed by atoms with E-state index in [1.807, 2.05) is 0 Å². The molecule has 1 aromatic heterocycles. The molecule has 3 nitrogen and oxygen atoms in total. The minimum absolute atomic E-state index is 0.298. The quantitative estimate of drug-likeness (QED) is 0.786. The molecule has 0 unspecified atom stereocenters. The molecule has 0 atom stereocenters. The van der Waals surface area contributed by atoms with Crippen LogP contribution >= 0.6 is 11.8 Å². The van der Waals surface area contributed by atoms with Gasteiger partial charge in [0.15, 0.2) is 6.29 Å². The summed E-state index contributed by atoms with van der Waals surface area (Å²) < 4.78 is 15.1. The molecule has 0 fully saturated rings. The Morgan fingerprint density at radius 1 is 1.41 bits per heavy atom. The van der Waals surface area contributed by atoms with Gasteiger partial charge in [-0.25, -0.2) is 4.39 Å². The van der Waals surface area contributed by atoms with Crippen molar-refractivity contribution < 1.29 is 9.18 Å². The number of aromatic nitrogens is 2. The topological polar surface area (TPSA) is 34.9 Å². The summed E-state index contributed by atoms with van der Waals surface area (Å²) in [6.07, 6.45) is 0.755. The van der Waals surface area contributed by atoms with Crippen LogP contribution in [0.4, 0.5) is 4.39 Å². The molecule has 2 rings (SSSR count). The fourth-order valence-corrected chi connectivity index (χ4v) is 2.54. The van der Waals surface area contributed by atoms with Crippen LogP contribution < -0.4 is 0 Å². The van der Waals surface area contributed by atoms with Crippen LogP contribution in [0, 0.1) is 12.7 Å². The maximum absolute atomic E-state index is 13.5. The van der Waals surface area contributed by atoms with Crippen molar-refractivity contribution in [3.63, 3.8) is 0 Å². The van der Waals surface area contributed by atoms with Gasteiger partial charge in [-0.3, -0.25) is 9.48 Å². The van der Waals surface area contributed by atoms with Crippen molar-refractivity contribution in [2.24, 2.45) is 7.05 Å². The summed E-state index contributed by atoms with van der Waals surface area (Å²) in [5.74, 6) is -0.298. The molecule has 1 heterocycles. The van der Waals surface area contributed by atoms with E-state index < -0.39 is 0 Å². The maximum atomic E-state index is 13.5. The maximum Gasteiger partial charge on any atom is 0.154 e. The van der Waals surface area contributed by atoms with Crippen LogP contribution in [0.25, 0.3) is 0 Å². The lowest BCUT2D eigenvalue weighted by molar-refractivity contribution is 0.112. The molecule has 0 aliphatic carbocycles. The third-order valence-electron chi connectivity index (χ3n) is 2.38. The molecule has 2 aromatic rings.